The van der Waals surface area contributed by atoms with E-state index in [1.165, 1.54) is 12.1 Å². The number of fused-ring (bicyclic) bond motifs is 1. The van der Waals surface area contributed by atoms with E-state index in [0.29, 0.717) is 57.1 Å². The van der Waals surface area contributed by atoms with Gasteiger partial charge in [-0.2, -0.15) is 4.39 Å². The number of nitro benzene ring substituents is 1. The molecule has 0 fully saturated rings. The molecule has 1 aromatic heterocycles. The summed E-state index contributed by atoms with van der Waals surface area (Å²) in [6, 6.07) is 4.29. The molecule has 0 aliphatic rings. The maximum atomic E-state index is 14.3. The second kappa shape index (κ2) is 17.1. The highest BCUT2D eigenvalue weighted by Gasteiger charge is 2.28. The first-order valence-electron chi connectivity index (χ1n) is 13.5. The number of carbonyl (C=O) groups excluding carboxylic acids is 1. The number of nitrogens with zero attached hydrogens (tertiary/aromatic N) is 2. The predicted molar refractivity (Wildman–Crippen MR) is 152 cm³/mol. The van der Waals surface area contributed by atoms with Crippen LogP contribution in [0.15, 0.2) is 30.9 Å². The van der Waals surface area contributed by atoms with Gasteiger partial charge in [0, 0.05) is 35.2 Å². The van der Waals surface area contributed by atoms with Crippen molar-refractivity contribution in [2.24, 2.45) is 0 Å². The largest absolute Gasteiger partial charge is 0.458 e. The number of ether oxygens (including phenoxy) is 5. The number of hydrogen-bond donors (Lipinski definition) is 0. The molecule has 1 aromatic carbocycles. The fourth-order valence-corrected chi connectivity index (χ4v) is 3.78. The van der Waals surface area contributed by atoms with Gasteiger partial charge in [-0.25, -0.2) is 4.79 Å². The van der Waals surface area contributed by atoms with E-state index in [-0.39, 0.29) is 13.2 Å². The first-order chi connectivity index (χ1) is 18.9. The Bertz CT molecular complexity index is 1090. The number of aromatic nitrogens is 1. The summed E-state index contributed by atoms with van der Waals surface area (Å²) in [5.74, 6) is -1.29. The van der Waals surface area contributed by atoms with Crippen molar-refractivity contribution in [2.75, 3.05) is 52.9 Å². The van der Waals surface area contributed by atoms with Gasteiger partial charge in [0.25, 0.3) is 0 Å². The molecule has 226 valence electrons. The van der Waals surface area contributed by atoms with Crippen LogP contribution in [0, 0.1) is 15.9 Å². The molecule has 10 nitrogen and oxygen atoms in total. The van der Waals surface area contributed by atoms with Crippen LogP contribution in [0.25, 0.3) is 10.9 Å². The van der Waals surface area contributed by atoms with E-state index in [4.69, 9.17) is 23.7 Å². The summed E-state index contributed by atoms with van der Waals surface area (Å²) in [7, 11) is 0. The molecule has 0 radical (unpaired) electrons. The van der Waals surface area contributed by atoms with Crippen LogP contribution in [0.5, 0.6) is 0 Å². The van der Waals surface area contributed by atoms with Crippen LogP contribution in [0.2, 0.25) is 0 Å². The molecule has 0 saturated heterocycles. The third kappa shape index (κ3) is 11.7. The van der Waals surface area contributed by atoms with Crippen molar-refractivity contribution in [3.05, 3.63) is 52.5 Å². The van der Waals surface area contributed by atoms with E-state index in [2.05, 4.69) is 6.58 Å². The van der Waals surface area contributed by atoms with E-state index in [1.807, 2.05) is 38.3 Å². The van der Waals surface area contributed by atoms with Gasteiger partial charge in [0.05, 0.1) is 56.7 Å². The molecule has 2 rings (SSSR count). The van der Waals surface area contributed by atoms with Crippen LogP contribution in [0.4, 0.5) is 10.1 Å². The lowest BCUT2D eigenvalue weighted by molar-refractivity contribution is -0.387. The van der Waals surface area contributed by atoms with Crippen LogP contribution >= 0.6 is 0 Å². The average Bonchev–Trinajstić information content (AvgIpc) is 3.22. The first-order valence-corrected chi connectivity index (χ1v) is 13.5. The van der Waals surface area contributed by atoms with Crippen LogP contribution in [-0.4, -0.2) is 73.9 Å². The van der Waals surface area contributed by atoms with E-state index in [1.54, 1.807) is 26.8 Å². The molecule has 0 aliphatic carbocycles. The van der Waals surface area contributed by atoms with E-state index in [9.17, 15) is 19.3 Å². The Morgan fingerprint density at radius 1 is 0.975 bits per heavy atom. The molecule has 0 spiro atoms. The fourth-order valence-electron chi connectivity index (χ4n) is 3.78. The van der Waals surface area contributed by atoms with Crippen LogP contribution in [-0.2, 0) is 40.4 Å². The Morgan fingerprint density at radius 2 is 1.52 bits per heavy atom. The van der Waals surface area contributed by atoms with Gasteiger partial charge in [-0.1, -0.05) is 33.8 Å². The van der Waals surface area contributed by atoms with Crippen molar-refractivity contribution in [1.29, 1.82) is 0 Å². The lowest BCUT2D eigenvalue weighted by Crippen LogP contribution is -2.28. The van der Waals surface area contributed by atoms with Gasteiger partial charge >= 0.3 is 11.7 Å². The average molecular weight is 569 g/mol. The quantitative estimate of drug-likeness (QED) is 0.0799. The van der Waals surface area contributed by atoms with Crippen LogP contribution in [0.1, 0.15) is 54.2 Å². The van der Waals surface area contributed by atoms with E-state index in [0.717, 1.165) is 5.69 Å². The second-order valence-corrected chi connectivity index (χ2v) is 10.3. The minimum Gasteiger partial charge on any atom is -0.458 e. The highest BCUT2D eigenvalue weighted by atomic mass is 19.1. The van der Waals surface area contributed by atoms with Gasteiger partial charge in [-0.15, -0.1) is 6.58 Å². The molecule has 1 heterocycles. The number of carbonyl (C=O) groups is 1. The van der Waals surface area contributed by atoms with E-state index < -0.39 is 33.4 Å². The Balaban J connectivity index is 0.00000391. The third-order valence-electron chi connectivity index (χ3n) is 5.39. The number of rotatable bonds is 17. The maximum absolute atomic E-state index is 14.3. The first kappa shape index (κ1) is 35.2. The third-order valence-corrected chi connectivity index (χ3v) is 5.39. The Kier molecular flexibility index (Phi) is 15.0. The molecule has 0 aliphatic heterocycles. The number of allylic oxidation sites excluding steroid dienone is 1. The number of nitro groups is 1. The topological polar surface area (TPSA) is 111 Å². The Hall–Kier alpha value is -2.86. The Labute approximate surface area is 236 Å². The Morgan fingerprint density at radius 3 is 2.05 bits per heavy atom. The zero-order valence-electron chi connectivity index (χ0n) is 24.9. The van der Waals surface area contributed by atoms with Crippen molar-refractivity contribution in [3.8, 4) is 0 Å². The fraction of sp³-hybridized carbons (Fsp3) is 0.621. The molecule has 2 aromatic rings. The molecular weight excluding hydrogens is 523 g/mol. The molecule has 11 heteroatoms. The molecular formula is C29H45FN2O8. The second-order valence-electron chi connectivity index (χ2n) is 10.3. The predicted octanol–water partition coefficient (Wildman–Crippen LogP) is 5.59. The van der Waals surface area contributed by atoms with Gasteiger partial charge in [0.15, 0.2) is 0 Å². The lowest BCUT2D eigenvalue weighted by atomic mass is 9.90. The highest BCUT2D eigenvalue weighted by Crippen LogP contribution is 2.33. The summed E-state index contributed by atoms with van der Waals surface area (Å²) in [5.41, 5.74) is -0.130. The molecule has 40 heavy (non-hydrogen) atoms. The molecule has 0 amide bonds. The van der Waals surface area contributed by atoms with Gasteiger partial charge in [-0.05, 0) is 26.8 Å². The SMILES string of the molecule is C=CCn1c(C(C)(C)COCCOCCOCCOCC(=O)OC(C)(C)C)cc2cc([N+](=O)[O-])c(F)cc21.CC. The van der Waals surface area contributed by atoms with Crippen molar-refractivity contribution in [1.82, 2.24) is 4.57 Å². The number of hydrogen-bond acceptors (Lipinski definition) is 8. The summed E-state index contributed by atoms with van der Waals surface area (Å²) in [6.45, 7) is 19.9. The number of halogens is 1. The molecule has 0 bridgehead atoms. The van der Waals surface area contributed by atoms with Crippen molar-refractivity contribution >= 4 is 22.6 Å². The monoisotopic (exact) mass is 568 g/mol. The smallest absolute Gasteiger partial charge is 0.332 e. The van der Waals surface area contributed by atoms with Crippen LogP contribution < -0.4 is 0 Å². The van der Waals surface area contributed by atoms with Gasteiger partial charge in [0.1, 0.15) is 12.2 Å². The lowest BCUT2D eigenvalue weighted by Gasteiger charge is -2.26. The minimum atomic E-state index is -0.874. The number of benzene rings is 1. The summed E-state index contributed by atoms with van der Waals surface area (Å²) < 4.78 is 43.3. The van der Waals surface area contributed by atoms with Gasteiger partial charge in [-0.3, -0.25) is 10.1 Å². The maximum Gasteiger partial charge on any atom is 0.332 e. The normalized spacial score (nSPS) is 11.7. The zero-order chi connectivity index (χ0) is 30.3. The molecule has 0 atom stereocenters. The standard InChI is InChI=1S/C27H39FN2O8.C2H6/c1-7-8-29-22-17-21(28)23(30(32)33)15-20(22)16-24(29)27(5,6)19-37-14-12-35-10-9-34-11-13-36-18-25(31)38-26(2,3)4;1-2/h7,15-17H,1,8-14,18-19H2,2-6H3;1-2H3. The molecule has 0 saturated carbocycles. The minimum absolute atomic E-state index is 0.115. The van der Waals surface area contributed by atoms with Gasteiger partial charge < -0.3 is 28.3 Å². The summed E-state index contributed by atoms with van der Waals surface area (Å²) in [5, 5.41) is 11.7. The van der Waals surface area contributed by atoms with Crippen molar-refractivity contribution in [2.45, 2.75) is 66.0 Å². The van der Waals surface area contributed by atoms with Gasteiger partial charge in [0.2, 0.25) is 5.82 Å². The van der Waals surface area contributed by atoms with E-state index >= 15 is 0 Å². The zero-order valence-corrected chi connectivity index (χ0v) is 24.9. The van der Waals surface area contributed by atoms with Crippen molar-refractivity contribution in [3.63, 3.8) is 0 Å². The molecule has 0 unspecified atom stereocenters. The van der Waals surface area contributed by atoms with Crippen LogP contribution in [0.3, 0.4) is 0 Å². The molecule has 0 N–H and O–H groups in total. The van der Waals surface area contributed by atoms with Crippen molar-refractivity contribution < 1.29 is 37.8 Å². The summed E-state index contributed by atoms with van der Waals surface area (Å²) >= 11 is 0. The highest BCUT2D eigenvalue weighted by molar-refractivity contribution is 5.84. The number of esters is 1. The summed E-state index contributed by atoms with van der Waals surface area (Å²) in [6.07, 6.45) is 1.70. The summed E-state index contributed by atoms with van der Waals surface area (Å²) in [4.78, 5) is 22.0.